The van der Waals surface area contributed by atoms with Gasteiger partial charge in [0.05, 0.1) is 22.7 Å². The predicted molar refractivity (Wildman–Crippen MR) is 125 cm³/mol. The van der Waals surface area contributed by atoms with Crippen LogP contribution in [-0.4, -0.2) is 26.0 Å². The number of aromatic nitrogens is 4. The highest BCUT2D eigenvalue weighted by Gasteiger charge is 2.12. The molecule has 0 saturated carbocycles. The van der Waals surface area contributed by atoms with Gasteiger partial charge >= 0.3 is 0 Å². The SMILES string of the molecule is CSc1ccc(-n2cnc3ccc(-c4nnc(CCc5cccc(C#N)c5)o4)cc32)cc1. The van der Waals surface area contributed by atoms with E-state index in [4.69, 9.17) is 9.68 Å². The summed E-state index contributed by atoms with van der Waals surface area (Å²) in [6, 6.07) is 24.1. The zero-order valence-electron chi connectivity index (χ0n) is 17.4. The van der Waals surface area contributed by atoms with Gasteiger partial charge in [-0.05, 0) is 72.8 Å². The fourth-order valence-electron chi connectivity index (χ4n) is 3.61. The molecule has 0 fully saturated rings. The lowest BCUT2D eigenvalue weighted by Gasteiger charge is -2.06. The Morgan fingerprint density at radius 2 is 1.88 bits per heavy atom. The van der Waals surface area contributed by atoms with Crippen LogP contribution in [0, 0.1) is 11.3 Å². The standard InChI is InChI=1S/C25H19N5OS/c1-32-21-9-7-20(8-10-21)30-16-27-22-11-6-19(14-23(22)30)25-29-28-24(31-25)12-5-17-3-2-4-18(13-17)15-26/h2-4,6-11,13-14,16H,5,12H2,1H3. The van der Waals surface area contributed by atoms with Crippen molar-refractivity contribution < 1.29 is 4.42 Å². The maximum Gasteiger partial charge on any atom is 0.247 e. The van der Waals surface area contributed by atoms with Crippen molar-refractivity contribution in [3.63, 3.8) is 0 Å². The van der Waals surface area contributed by atoms with E-state index in [-0.39, 0.29) is 0 Å². The number of hydrogen-bond donors (Lipinski definition) is 0. The highest BCUT2D eigenvalue weighted by molar-refractivity contribution is 7.98. The molecule has 0 saturated heterocycles. The van der Waals surface area contributed by atoms with E-state index >= 15 is 0 Å². The molecule has 0 atom stereocenters. The van der Waals surface area contributed by atoms with Gasteiger partial charge in [0.2, 0.25) is 11.8 Å². The summed E-state index contributed by atoms with van der Waals surface area (Å²) in [6.07, 6.45) is 5.24. The van der Waals surface area contributed by atoms with Crippen molar-refractivity contribution in [2.75, 3.05) is 6.26 Å². The molecule has 0 amide bonds. The summed E-state index contributed by atoms with van der Waals surface area (Å²) < 4.78 is 7.99. The highest BCUT2D eigenvalue weighted by atomic mass is 32.2. The number of aryl methyl sites for hydroxylation is 2. The smallest absolute Gasteiger partial charge is 0.247 e. The Morgan fingerprint density at radius 1 is 1.00 bits per heavy atom. The van der Waals surface area contributed by atoms with Crippen LogP contribution in [0.5, 0.6) is 0 Å². The van der Waals surface area contributed by atoms with Crippen molar-refractivity contribution in [3.8, 4) is 23.2 Å². The average molecular weight is 438 g/mol. The molecule has 0 N–H and O–H groups in total. The molecule has 0 spiro atoms. The van der Waals surface area contributed by atoms with Gasteiger partial charge in [-0.25, -0.2) is 4.98 Å². The summed E-state index contributed by atoms with van der Waals surface area (Å²) in [7, 11) is 0. The van der Waals surface area contributed by atoms with E-state index in [1.807, 2.05) is 42.7 Å². The largest absolute Gasteiger partial charge is 0.421 e. The van der Waals surface area contributed by atoms with Crippen molar-refractivity contribution in [1.82, 2.24) is 19.7 Å². The summed E-state index contributed by atoms with van der Waals surface area (Å²) in [6.45, 7) is 0. The van der Waals surface area contributed by atoms with Crippen molar-refractivity contribution in [1.29, 1.82) is 5.26 Å². The molecule has 0 aliphatic rings. The van der Waals surface area contributed by atoms with Crippen LogP contribution in [0.3, 0.4) is 0 Å². The third kappa shape index (κ3) is 4.01. The second-order valence-electron chi connectivity index (χ2n) is 7.33. The third-order valence-electron chi connectivity index (χ3n) is 5.30. The Hall–Kier alpha value is -3.89. The molecule has 0 bridgehead atoms. The monoisotopic (exact) mass is 437 g/mol. The molecule has 0 radical (unpaired) electrons. The van der Waals surface area contributed by atoms with Gasteiger partial charge in [-0.1, -0.05) is 12.1 Å². The number of nitrogens with zero attached hydrogens (tertiary/aromatic N) is 5. The second kappa shape index (κ2) is 8.69. The number of hydrogen-bond acceptors (Lipinski definition) is 6. The van der Waals surface area contributed by atoms with Crippen LogP contribution in [0.1, 0.15) is 17.0 Å². The van der Waals surface area contributed by atoms with Crippen LogP contribution in [0.4, 0.5) is 0 Å². The number of nitriles is 1. The topological polar surface area (TPSA) is 80.5 Å². The first-order valence-corrected chi connectivity index (χ1v) is 11.4. The van der Waals surface area contributed by atoms with Gasteiger partial charge in [0.1, 0.15) is 6.33 Å². The van der Waals surface area contributed by atoms with Crippen molar-refractivity contribution in [2.24, 2.45) is 0 Å². The van der Waals surface area contributed by atoms with Crippen molar-refractivity contribution in [3.05, 3.63) is 90.1 Å². The Morgan fingerprint density at radius 3 is 2.69 bits per heavy atom. The number of benzene rings is 3. The normalized spacial score (nSPS) is 11.0. The molecule has 5 aromatic rings. The van der Waals surface area contributed by atoms with Crippen LogP contribution in [0.2, 0.25) is 0 Å². The lowest BCUT2D eigenvalue weighted by molar-refractivity contribution is 0.504. The van der Waals surface area contributed by atoms with Gasteiger partial charge in [0.15, 0.2) is 0 Å². The van der Waals surface area contributed by atoms with Crippen molar-refractivity contribution >= 4 is 22.8 Å². The molecule has 6 nitrogen and oxygen atoms in total. The maximum absolute atomic E-state index is 9.05. The summed E-state index contributed by atoms with van der Waals surface area (Å²) in [4.78, 5) is 5.74. The van der Waals surface area contributed by atoms with Crippen LogP contribution in [0.25, 0.3) is 28.2 Å². The number of rotatable bonds is 6. The minimum absolute atomic E-state index is 0.484. The van der Waals surface area contributed by atoms with E-state index in [9.17, 15) is 0 Å². The fraction of sp³-hybridized carbons (Fsp3) is 0.120. The maximum atomic E-state index is 9.05. The van der Waals surface area contributed by atoms with Crippen LogP contribution in [-0.2, 0) is 12.8 Å². The van der Waals surface area contributed by atoms with Gasteiger partial charge in [-0.2, -0.15) is 5.26 Å². The first-order valence-electron chi connectivity index (χ1n) is 10.2. The molecular weight excluding hydrogens is 418 g/mol. The minimum Gasteiger partial charge on any atom is -0.421 e. The Labute approximate surface area is 189 Å². The zero-order valence-corrected chi connectivity index (χ0v) is 18.2. The van der Waals surface area contributed by atoms with Crippen LogP contribution in [0.15, 0.2) is 82.4 Å². The molecule has 0 unspecified atom stereocenters. The molecule has 2 heterocycles. The molecule has 2 aromatic heterocycles. The van der Waals surface area contributed by atoms with E-state index in [1.165, 1.54) is 4.90 Å². The molecular formula is C25H19N5OS. The predicted octanol–water partition coefficient (Wildman–Crippen LogP) is 5.45. The number of imidazole rings is 1. The summed E-state index contributed by atoms with van der Waals surface area (Å²) >= 11 is 1.72. The van der Waals surface area contributed by atoms with Crippen LogP contribution < -0.4 is 0 Å². The molecule has 32 heavy (non-hydrogen) atoms. The lowest BCUT2D eigenvalue weighted by Crippen LogP contribution is -1.92. The molecule has 7 heteroatoms. The summed E-state index contributed by atoms with van der Waals surface area (Å²) in [5, 5.41) is 17.5. The molecule has 0 aliphatic heterocycles. The highest BCUT2D eigenvalue weighted by Crippen LogP contribution is 2.26. The van der Waals surface area contributed by atoms with Gasteiger partial charge in [-0.15, -0.1) is 22.0 Å². The van der Waals surface area contributed by atoms with Gasteiger partial charge in [0, 0.05) is 22.6 Å². The molecule has 3 aromatic carbocycles. The van der Waals surface area contributed by atoms with Gasteiger partial charge < -0.3 is 4.42 Å². The summed E-state index contributed by atoms with van der Waals surface area (Å²) in [5.41, 5.74) is 5.51. The third-order valence-corrected chi connectivity index (χ3v) is 6.04. The quantitative estimate of drug-likeness (QED) is 0.328. The average Bonchev–Trinajstić information content (AvgIpc) is 3.50. The van der Waals surface area contributed by atoms with Gasteiger partial charge in [-0.3, -0.25) is 4.57 Å². The number of thioether (sulfide) groups is 1. The first kappa shape index (κ1) is 20.0. The first-order chi connectivity index (χ1) is 15.7. The van der Waals surface area contributed by atoms with Crippen LogP contribution >= 0.6 is 11.8 Å². The molecule has 5 rings (SSSR count). The lowest BCUT2D eigenvalue weighted by atomic mass is 10.1. The molecule has 156 valence electrons. The Kier molecular flexibility index (Phi) is 5.44. The Bertz CT molecular complexity index is 1430. The van der Waals surface area contributed by atoms with E-state index in [0.717, 1.165) is 34.3 Å². The Balaban J connectivity index is 1.39. The van der Waals surface area contributed by atoms with Crippen molar-refractivity contribution in [2.45, 2.75) is 17.7 Å². The minimum atomic E-state index is 0.484. The van der Waals surface area contributed by atoms with E-state index < -0.39 is 0 Å². The zero-order chi connectivity index (χ0) is 21.9. The van der Waals surface area contributed by atoms with E-state index in [0.29, 0.717) is 23.8 Å². The van der Waals surface area contributed by atoms with E-state index in [1.54, 1.807) is 17.8 Å². The summed E-state index contributed by atoms with van der Waals surface area (Å²) in [5.74, 6) is 1.06. The van der Waals surface area contributed by atoms with Gasteiger partial charge in [0.25, 0.3) is 0 Å². The second-order valence-corrected chi connectivity index (χ2v) is 8.21. The molecule has 0 aliphatic carbocycles. The van der Waals surface area contributed by atoms with E-state index in [2.05, 4.69) is 56.3 Å². The number of fused-ring (bicyclic) bond motifs is 1. The fourth-order valence-corrected chi connectivity index (χ4v) is 4.02.